The molecule has 0 radical (unpaired) electrons. The Morgan fingerprint density at radius 2 is 1.79 bits per heavy atom. The fraction of sp³-hybridized carbons (Fsp3) is 0.185. The first-order valence-electron chi connectivity index (χ1n) is 10.6. The number of ether oxygens (including phenoxy) is 2. The van der Waals surface area contributed by atoms with Gasteiger partial charge in [-0.05, 0) is 67.8 Å². The van der Waals surface area contributed by atoms with E-state index in [0.717, 1.165) is 16.7 Å². The summed E-state index contributed by atoms with van der Waals surface area (Å²) in [5, 5.41) is 13.1. The van der Waals surface area contributed by atoms with Crippen molar-refractivity contribution in [2.45, 2.75) is 27.4 Å². The highest BCUT2D eigenvalue weighted by Crippen LogP contribution is 2.38. The van der Waals surface area contributed by atoms with Crippen LogP contribution >= 0.6 is 23.2 Å². The first-order chi connectivity index (χ1) is 16.3. The average Bonchev–Trinajstić information content (AvgIpc) is 2.80. The minimum atomic E-state index is -0.554. The fourth-order valence-electron chi connectivity index (χ4n) is 3.15. The van der Waals surface area contributed by atoms with Gasteiger partial charge in [0, 0.05) is 10.7 Å². The molecular weight excluding hydrogens is 471 g/mol. The van der Waals surface area contributed by atoms with E-state index < -0.39 is 5.91 Å². The average molecular weight is 495 g/mol. The van der Waals surface area contributed by atoms with Crippen molar-refractivity contribution in [3.63, 3.8) is 0 Å². The predicted octanol–water partition coefficient (Wildman–Crippen LogP) is 7.13. The van der Waals surface area contributed by atoms with E-state index in [9.17, 15) is 10.1 Å². The van der Waals surface area contributed by atoms with Crippen LogP contribution < -0.4 is 14.8 Å². The molecule has 34 heavy (non-hydrogen) atoms. The van der Waals surface area contributed by atoms with Gasteiger partial charge in [-0.25, -0.2) is 0 Å². The van der Waals surface area contributed by atoms with Crippen molar-refractivity contribution >= 4 is 40.9 Å². The fourth-order valence-corrected chi connectivity index (χ4v) is 3.59. The van der Waals surface area contributed by atoms with Crippen molar-refractivity contribution in [2.24, 2.45) is 0 Å². The predicted molar refractivity (Wildman–Crippen MR) is 137 cm³/mol. The summed E-state index contributed by atoms with van der Waals surface area (Å²) in [5.74, 6) is 0.275. The molecule has 0 aliphatic heterocycles. The number of hydrogen-bond donors (Lipinski definition) is 1. The van der Waals surface area contributed by atoms with Gasteiger partial charge in [-0.1, -0.05) is 59.1 Å². The third-order valence-electron chi connectivity index (χ3n) is 4.96. The quantitative estimate of drug-likeness (QED) is 0.267. The molecule has 1 N–H and O–H groups in total. The highest BCUT2D eigenvalue weighted by Gasteiger charge is 2.15. The van der Waals surface area contributed by atoms with Crippen LogP contribution in [-0.4, -0.2) is 12.5 Å². The molecule has 5 nitrogen and oxygen atoms in total. The largest absolute Gasteiger partial charge is 0.490 e. The molecule has 0 heterocycles. The van der Waals surface area contributed by atoms with Gasteiger partial charge in [0.2, 0.25) is 0 Å². The summed E-state index contributed by atoms with van der Waals surface area (Å²) in [4.78, 5) is 12.7. The Morgan fingerprint density at radius 3 is 2.47 bits per heavy atom. The maximum absolute atomic E-state index is 12.7. The lowest BCUT2D eigenvalue weighted by Gasteiger charge is -2.15. The molecule has 174 valence electrons. The molecule has 0 aliphatic rings. The Bertz CT molecular complexity index is 1260. The van der Waals surface area contributed by atoms with Crippen LogP contribution in [0.1, 0.15) is 29.2 Å². The Balaban J connectivity index is 1.85. The zero-order valence-corrected chi connectivity index (χ0v) is 20.6. The standard InChI is InChI=1S/C27H24Cl2N2O3/c1-4-33-25-13-20(12-23(29)26(25)34-16-19-8-5-17(2)6-9-19)11-21(15-30)27(32)31-24-14-22(28)10-7-18(24)3/h5-14H,4,16H2,1-3H3,(H,31,32)/b21-11+. The summed E-state index contributed by atoms with van der Waals surface area (Å²) in [7, 11) is 0. The van der Waals surface area contributed by atoms with Crippen molar-refractivity contribution in [1.29, 1.82) is 5.26 Å². The van der Waals surface area contributed by atoms with Gasteiger partial charge in [0.1, 0.15) is 18.2 Å². The molecule has 0 spiro atoms. The molecule has 7 heteroatoms. The van der Waals surface area contributed by atoms with E-state index in [2.05, 4.69) is 5.32 Å². The van der Waals surface area contributed by atoms with Crippen molar-refractivity contribution in [1.82, 2.24) is 0 Å². The molecule has 0 aromatic heterocycles. The normalized spacial score (nSPS) is 11.0. The summed E-state index contributed by atoms with van der Waals surface area (Å²) in [6.45, 7) is 6.42. The van der Waals surface area contributed by atoms with Crippen molar-refractivity contribution in [2.75, 3.05) is 11.9 Å². The van der Waals surface area contributed by atoms with Crippen LogP contribution in [0.25, 0.3) is 6.08 Å². The third kappa shape index (κ3) is 6.54. The first kappa shape index (κ1) is 25.2. The molecule has 0 unspecified atom stereocenters. The Morgan fingerprint density at radius 1 is 1.06 bits per heavy atom. The van der Waals surface area contributed by atoms with Crippen LogP contribution in [0, 0.1) is 25.2 Å². The third-order valence-corrected chi connectivity index (χ3v) is 5.48. The van der Waals surface area contributed by atoms with Crippen molar-refractivity contribution in [3.05, 3.63) is 92.5 Å². The van der Waals surface area contributed by atoms with E-state index in [0.29, 0.717) is 46.0 Å². The highest BCUT2D eigenvalue weighted by molar-refractivity contribution is 6.32. The number of nitrogens with zero attached hydrogens (tertiary/aromatic N) is 1. The van der Waals surface area contributed by atoms with E-state index in [-0.39, 0.29) is 5.57 Å². The molecule has 0 saturated carbocycles. The molecular formula is C27H24Cl2N2O3. The van der Waals surface area contributed by atoms with Gasteiger partial charge < -0.3 is 14.8 Å². The smallest absolute Gasteiger partial charge is 0.266 e. The lowest BCUT2D eigenvalue weighted by Crippen LogP contribution is -2.14. The first-order valence-corrected chi connectivity index (χ1v) is 11.4. The number of rotatable bonds is 8. The van der Waals surface area contributed by atoms with E-state index in [4.69, 9.17) is 32.7 Å². The number of halogens is 2. The Labute approximate surface area is 209 Å². The summed E-state index contributed by atoms with van der Waals surface area (Å²) in [6, 6.07) is 18.4. The highest BCUT2D eigenvalue weighted by atomic mass is 35.5. The van der Waals surface area contributed by atoms with Crippen molar-refractivity contribution in [3.8, 4) is 17.6 Å². The summed E-state index contributed by atoms with van der Waals surface area (Å²) in [5.41, 5.74) is 3.96. The van der Waals surface area contributed by atoms with Gasteiger partial charge in [0.15, 0.2) is 11.5 Å². The van der Waals surface area contributed by atoms with Gasteiger partial charge in [0.05, 0.1) is 11.6 Å². The SMILES string of the molecule is CCOc1cc(/C=C(\C#N)C(=O)Nc2cc(Cl)ccc2C)cc(Cl)c1OCc1ccc(C)cc1. The number of nitriles is 1. The second kappa shape index (κ2) is 11.6. The van der Waals surface area contributed by atoms with E-state index in [1.165, 1.54) is 6.08 Å². The van der Waals surface area contributed by atoms with Crippen LogP contribution in [0.4, 0.5) is 5.69 Å². The van der Waals surface area contributed by atoms with Crippen LogP contribution in [0.15, 0.2) is 60.2 Å². The number of carbonyl (C=O) groups excluding carboxylic acids is 1. The molecule has 1 amide bonds. The summed E-state index contributed by atoms with van der Waals surface area (Å²) in [6.07, 6.45) is 1.45. The lowest BCUT2D eigenvalue weighted by atomic mass is 10.1. The topological polar surface area (TPSA) is 71.3 Å². The number of anilines is 1. The second-order valence-electron chi connectivity index (χ2n) is 7.62. The monoisotopic (exact) mass is 494 g/mol. The van der Waals surface area contributed by atoms with Gasteiger partial charge in [-0.3, -0.25) is 4.79 Å². The van der Waals surface area contributed by atoms with Gasteiger partial charge in [-0.15, -0.1) is 0 Å². The van der Waals surface area contributed by atoms with E-state index in [1.54, 1.807) is 30.3 Å². The molecule has 0 aliphatic carbocycles. The van der Waals surface area contributed by atoms with Gasteiger partial charge >= 0.3 is 0 Å². The summed E-state index contributed by atoms with van der Waals surface area (Å²) >= 11 is 12.5. The van der Waals surface area contributed by atoms with Crippen LogP contribution in [0.5, 0.6) is 11.5 Å². The molecule has 3 aromatic rings. The molecule has 0 saturated heterocycles. The van der Waals surface area contributed by atoms with E-state index >= 15 is 0 Å². The number of benzene rings is 3. The lowest BCUT2D eigenvalue weighted by molar-refractivity contribution is -0.112. The zero-order valence-electron chi connectivity index (χ0n) is 19.1. The van der Waals surface area contributed by atoms with Crippen LogP contribution in [0.3, 0.4) is 0 Å². The number of hydrogen-bond acceptors (Lipinski definition) is 4. The van der Waals surface area contributed by atoms with Crippen LogP contribution in [0.2, 0.25) is 10.0 Å². The van der Waals surface area contributed by atoms with Crippen LogP contribution in [-0.2, 0) is 11.4 Å². The van der Waals surface area contributed by atoms with Crippen molar-refractivity contribution < 1.29 is 14.3 Å². The van der Waals surface area contributed by atoms with Gasteiger partial charge in [-0.2, -0.15) is 5.26 Å². The Kier molecular flexibility index (Phi) is 8.59. The second-order valence-corrected chi connectivity index (χ2v) is 8.46. The minimum Gasteiger partial charge on any atom is -0.490 e. The maximum atomic E-state index is 12.7. The number of nitrogens with one attached hydrogen (secondary N) is 1. The number of carbonyl (C=O) groups is 1. The zero-order chi connectivity index (χ0) is 24.7. The molecule has 0 bridgehead atoms. The van der Waals surface area contributed by atoms with E-state index in [1.807, 2.05) is 51.1 Å². The number of aryl methyl sites for hydroxylation is 2. The summed E-state index contributed by atoms with van der Waals surface area (Å²) < 4.78 is 11.7. The maximum Gasteiger partial charge on any atom is 0.266 e. The molecule has 0 atom stereocenters. The Hall–Kier alpha value is -3.46. The molecule has 3 aromatic carbocycles. The number of amides is 1. The van der Waals surface area contributed by atoms with Gasteiger partial charge in [0.25, 0.3) is 5.91 Å². The molecule has 3 rings (SSSR count). The minimum absolute atomic E-state index is 0.0915. The molecule has 0 fully saturated rings.